The fourth-order valence-corrected chi connectivity index (χ4v) is 3.19. The highest BCUT2D eigenvalue weighted by Gasteiger charge is 2.12. The Morgan fingerprint density at radius 1 is 0.897 bits per heavy atom. The van der Waals surface area contributed by atoms with Crippen molar-refractivity contribution in [1.82, 2.24) is 0 Å². The third-order valence-corrected chi connectivity index (χ3v) is 4.90. The van der Waals surface area contributed by atoms with E-state index in [1.54, 1.807) is 60.7 Å². The summed E-state index contributed by atoms with van der Waals surface area (Å²) >= 11 is 11.7. The number of halogens is 2. The lowest BCUT2D eigenvalue weighted by Crippen LogP contribution is -2.11. The molecule has 3 aromatic carbocycles. The van der Waals surface area contributed by atoms with Gasteiger partial charge in [0.25, 0.3) is 0 Å². The lowest BCUT2D eigenvalue weighted by Gasteiger charge is -2.07. The molecule has 0 aliphatic rings. The second-order valence-corrected chi connectivity index (χ2v) is 7.29. The molecule has 0 aliphatic heterocycles. The minimum absolute atomic E-state index is 0.106. The molecule has 144 valence electrons. The smallest absolute Gasteiger partial charge is 0.315 e. The Balaban J connectivity index is 1.57. The van der Waals surface area contributed by atoms with Gasteiger partial charge in [-0.25, -0.2) is 0 Å². The van der Waals surface area contributed by atoms with Crippen molar-refractivity contribution in [2.45, 2.75) is 6.42 Å². The Bertz CT molecular complexity index is 1240. The Morgan fingerprint density at radius 3 is 2.24 bits per heavy atom. The predicted molar refractivity (Wildman–Crippen MR) is 114 cm³/mol. The van der Waals surface area contributed by atoms with Crippen molar-refractivity contribution >= 4 is 40.1 Å². The van der Waals surface area contributed by atoms with E-state index in [0.29, 0.717) is 37.9 Å². The highest BCUT2D eigenvalue weighted by atomic mass is 35.5. The molecule has 4 aromatic rings. The summed E-state index contributed by atoms with van der Waals surface area (Å²) in [5.41, 5.74) is 2.10. The number of fused-ring (bicyclic) bond motifs is 1. The van der Waals surface area contributed by atoms with Crippen LogP contribution in [0.4, 0.5) is 0 Å². The van der Waals surface area contributed by atoms with Gasteiger partial charge in [0.2, 0.25) is 0 Å². The maximum atomic E-state index is 12.8. The van der Waals surface area contributed by atoms with Crippen LogP contribution in [0.15, 0.2) is 82.2 Å². The standard InChI is InChI=1S/C23H14Cl2O4/c24-16-5-1-14(2-6-16)11-22(26)29-18-9-10-19-21(12-18)28-13-20(23(19)27)15-3-7-17(25)8-4-15/h1-10,12-13H,11H2. The van der Waals surface area contributed by atoms with E-state index in [9.17, 15) is 9.59 Å². The van der Waals surface area contributed by atoms with Crippen molar-refractivity contribution in [3.63, 3.8) is 0 Å². The molecule has 29 heavy (non-hydrogen) atoms. The van der Waals surface area contributed by atoms with Crippen molar-refractivity contribution < 1.29 is 13.9 Å². The summed E-state index contributed by atoms with van der Waals surface area (Å²) in [7, 11) is 0. The maximum Gasteiger partial charge on any atom is 0.315 e. The van der Waals surface area contributed by atoms with Crippen molar-refractivity contribution in [2.75, 3.05) is 0 Å². The first-order valence-corrected chi connectivity index (χ1v) is 9.52. The Kier molecular flexibility index (Phi) is 5.38. The van der Waals surface area contributed by atoms with Crippen LogP contribution in [0.3, 0.4) is 0 Å². The number of carbonyl (C=O) groups excluding carboxylic acids is 1. The lowest BCUT2D eigenvalue weighted by molar-refractivity contribution is -0.133. The molecule has 0 N–H and O–H groups in total. The fourth-order valence-electron chi connectivity index (χ4n) is 2.94. The molecule has 0 bridgehead atoms. The summed E-state index contributed by atoms with van der Waals surface area (Å²) < 4.78 is 11.0. The minimum atomic E-state index is -0.424. The topological polar surface area (TPSA) is 56.5 Å². The van der Waals surface area contributed by atoms with E-state index in [1.807, 2.05) is 0 Å². The van der Waals surface area contributed by atoms with Crippen LogP contribution in [0.1, 0.15) is 5.56 Å². The van der Waals surface area contributed by atoms with Gasteiger partial charge in [-0.2, -0.15) is 0 Å². The first-order valence-electron chi connectivity index (χ1n) is 8.76. The molecule has 4 rings (SSSR count). The summed E-state index contributed by atoms with van der Waals surface area (Å²) in [6.07, 6.45) is 1.50. The second kappa shape index (κ2) is 8.11. The van der Waals surface area contributed by atoms with Crippen LogP contribution in [0.2, 0.25) is 10.0 Å². The molecule has 4 nitrogen and oxygen atoms in total. The van der Waals surface area contributed by atoms with Gasteiger partial charge in [-0.15, -0.1) is 0 Å². The number of hydrogen-bond acceptors (Lipinski definition) is 4. The van der Waals surface area contributed by atoms with E-state index in [0.717, 1.165) is 5.56 Å². The largest absolute Gasteiger partial charge is 0.463 e. The van der Waals surface area contributed by atoms with Gasteiger partial charge in [-0.1, -0.05) is 47.5 Å². The number of carbonyl (C=O) groups is 1. The molecule has 0 saturated heterocycles. The van der Waals surface area contributed by atoms with Gasteiger partial charge in [-0.3, -0.25) is 9.59 Å². The summed E-state index contributed by atoms with van der Waals surface area (Å²) in [5.74, 6) is -0.120. The lowest BCUT2D eigenvalue weighted by atomic mass is 10.1. The van der Waals surface area contributed by atoms with Gasteiger partial charge >= 0.3 is 5.97 Å². The van der Waals surface area contributed by atoms with Crippen molar-refractivity contribution in [2.24, 2.45) is 0 Å². The minimum Gasteiger partial charge on any atom is -0.463 e. The zero-order valence-corrected chi connectivity index (χ0v) is 16.5. The van der Waals surface area contributed by atoms with E-state index in [1.165, 1.54) is 12.3 Å². The van der Waals surface area contributed by atoms with Crippen molar-refractivity contribution in [1.29, 1.82) is 0 Å². The number of rotatable bonds is 4. The molecule has 0 amide bonds. The molecule has 0 unspecified atom stereocenters. The zero-order chi connectivity index (χ0) is 20.4. The van der Waals surface area contributed by atoms with Crippen molar-refractivity contribution in [3.8, 4) is 16.9 Å². The van der Waals surface area contributed by atoms with Crippen LogP contribution < -0.4 is 10.2 Å². The van der Waals surface area contributed by atoms with Crippen LogP contribution in [-0.4, -0.2) is 5.97 Å². The normalized spacial score (nSPS) is 10.8. The van der Waals surface area contributed by atoms with Gasteiger partial charge in [-0.05, 0) is 47.5 Å². The van der Waals surface area contributed by atoms with Gasteiger partial charge in [0.05, 0.1) is 17.4 Å². The third kappa shape index (κ3) is 4.34. The van der Waals surface area contributed by atoms with Gasteiger partial charge in [0.15, 0.2) is 5.43 Å². The summed E-state index contributed by atoms with van der Waals surface area (Å²) in [5, 5.41) is 1.59. The molecule has 0 aliphatic carbocycles. The molecule has 0 radical (unpaired) electrons. The maximum absolute atomic E-state index is 12.8. The Hall–Kier alpha value is -3.08. The molecule has 6 heteroatoms. The SMILES string of the molecule is O=C(Cc1ccc(Cl)cc1)Oc1ccc2c(=O)c(-c3ccc(Cl)cc3)coc2c1. The van der Waals surface area contributed by atoms with Crippen LogP contribution in [-0.2, 0) is 11.2 Å². The highest BCUT2D eigenvalue weighted by Crippen LogP contribution is 2.24. The average molecular weight is 425 g/mol. The summed E-state index contributed by atoms with van der Waals surface area (Å²) in [6.45, 7) is 0. The first-order chi connectivity index (χ1) is 14.0. The Labute approximate surface area is 176 Å². The number of hydrogen-bond donors (Lipinski definition) is 0. The Morgan fingerprint density at radius 2 is 1.55 bits per heavy atom. The zero-order valence-electron chi connectivity index (χ0n) is 15.0. The first kappa shape index (κ1) is 19.2. The van der Waals surface area contributed by atoms with E-state index < -0.39 is 5.97 Å². The van der Waals surface area contributed by atoms with Crippen molar-refractivity contribution in [3.05, 3.63) is 98.8 Å². The predicted octanol–water partition coefficient (Wildman–Crippen LogP) is 5.91. The second-order valence-electron chi connectivity index (χ2n) is 6.42. The van der Waals surface area contributed by atoms with E-state index in [-0.39, 0.29) is 11.8 Å². The van der Waals surface area contributed by atoms with Crippen LogP contribution >= 0.6 is 23.2 Å². The molecular formula is C23H14Cl2O4. The average Bonchev–Trinajstić information content (AvgIpc) is 2.71. The summed E-state index contributed by atoms with van der Waals surface area (Å²) in [6, 6.07) is 18.6. The van der Waals surface area contributed by atoms with E-state index in [2.05, 4.69) is 0 Å². The van der Waals surface area contributed by atoms with Crippen LogP contribution in [0.5, 0.6) is 5.75 Å². The van der Waals surface area contributed by atoms with E-state index >= 15 is 0 Å². The molecule has 1 aromatic heterocycles. The monoisotopic (exact) mass is 424 g/mol. The highest BCUT2D eigenvalue weighted by molar-refractivity contribution is 6.30. The number of benzene rings is 3. The van der Waals surface area contributed by atoms with Crippen LogP contribution in [0.25, 0.3) is 22.1 Å². The quantitative estimate of drug-likeness (QED) is 0.301. The number of esters is 1. The summed E-state index contributed by atoms with van der Waals surface area (Å²) in [4.78, 5) is 25.0. The molecular weight excluding hydrogens is 411 g/mol. The van der Waals surface area contributed by atoms with Gasteiger partial charge in [0.1, 0.15) is 17.6 Å². The molecule has 0 saturated carbocycles. The van der Waals surface area contributed by atoms with Gasteiger partial charge < -0.3 is 9.15 Å². The number of ether oxygens (including phenoxy) is 1. The molecule has 0 spiro atoms. The molecule has 1 heterocycles. The molecule has 0 atom stereocenters. The van der Waals surface area contributed by atoms with Crippen LogP contribution in [0, 0.1) is 0 Å². The molecule has 0 fully saturated rings. The van der Waals surface area contributed by atoms with E-state index in [4.69, 9.17) is 32.4 Å². The fraction of sp³-hybridized carbons (Fsp3) is 0.0435. The third-order valence-electron chi connectivity index (χ3n) is 4.39. The van der Waals surface area contributed by atoms with Gasteiger partial charge in [0, 0.05) is 16.1 Å².